The molecule has 1 aliphatic rings. The number of aryl methyl sites for hydroxylation is 3. The number of benzene rings is 2. The van der Waals surface area contributed by atoms with Crippen LogP contribution >= 0.6 is 0 Å². The Morgan fingerprint density at radius 3 is 2.31 bits per heavy atom. The van der Waals surface area contributed by atoms with Crippen molar-refractivity contribution < 1.29 is 14.3 Å². The van der Waals surface area contributed by atoms with Crippen LogP contribution in [0.3, 0.4) is 0 Å². The van der Waals surface area contributed by atoms with E-state index in [0.29, 0.717) is 18.7 Å². The third-order valence-corrected chi connectivity index (χ3v) is 6.24. The predicted octanol–water partition coefficient (Wildman–Crippen LogP) is 4.86. The number of hydrogen-bond donors (Lipinski definition) is 1. The van der Waals surface area contributed by atoms with Gasteiger partial charge >= 0.3 is 0 Å². The van der Waals surface area contributed by atoms with Crippen LogP contribution in [0.15, 0.2) is 42.5 Å². The molecular weight excluding hydrogens is 400 g/mol. The van der Waals surface area contributed by atoms with Crippen LogP contribution in [-0.2, 0) is 16.1 Å². The predicted molar refractivity (Wildman–Crippen MR) is 128 cm³/mol. The molecule has 0 saturated heterocycles. The first-order valence-electron chi connectivity index (χ1n) is 11.7. The Balaban J connectivity index is 1.76. The van der Waals surface area contributed by atoms with Crippen molar-refractivity contribution in [2.45, 2.75) is 78.4 Å². The number of ether oxygens (including phenoxy) is 1. The van der Waals surface area contributed by atoms with E-state index >= 15 is 0 Å². The number of carbonyl (C=O) groups excluding carboxylic acids is 2. The van der Waals surface area contributed by atoms with E-state index < -0.39 is 6.04 Å². The molecule has 172 valence electrons. The number of rotatable bonds is 9. The normalized spacial score (nSPS) is 14.8. The van der Waals surface area contributed by atoms with Gasteiger partial charge in [0.2, 0.25) is 5.91 Å². The molecule has 0 spiro atoms. The minimum atomic E-state index is -0.521. The molecule has 1 N–H and O–H groups in total. The Bertz CT molecular complexity index is 917. The van der Waals surface area contributed by atoms with E-state index in [-0.39, 0.29) is 24.5 Å². The number of nitrogens with one attached hydrogen (secondary N) is 1. The van der Waals surface area contributed by atoms with Gasteiger partial charge in [-0.15, -0.1) is 0 Å². The van der Waals surface area contributed by atoms with Gasteiger partial charge in [-0.1, -0.05) is 67.3 Å². The standard InChI is InChI=1S/C27H36N2O3/c1-5-24(27(31)28-23-8-6-7-9-23)29(17-22-13-10-19(2)11-14-22)26(30)18-32-25-15-12-20(3)16-21(25)4/h10-16,23-24H,5-9,17-18H2,1-4H3,(H,28,31)/t24-/m1/s1. The summed E-state index contributed by atoms with van der Waals surface area (Å²) in [6, 6.07) is 13.7. The van der Waals surface area contributed by atoms with Gasteiger partial charge in [-0.3, -0.25) is 9.59 Å². The van der Waals surface area contributed by atoms with Gasteiger partial charge in [0, 0.05) is 12.6 Å². The second-order valence-electron chi connectivity index (χ2n) is 8.98. The first-order chi connectivity index (χ1) is 15.4. The van der Waals surface area contributed by atoms with Crippen LogP contribution in [0.25, 0.3) is 0 Å². The highest BCUT2D eigenvalue weighted by molar-refractivity contribution is 5.88. The molecule has 0 bridgehead atoms. The van der Waals surface area contributed by atoms with Crippen molar-refractivity contribution in [3.8, 4) is 5.75 Å². The summed E-state index contributed by atoms with van der Waals surface area (Å²) in [5.41, 5.74) is 4.31. The molecule has 0 aromatic heterocycles. The van der Waals surface area contributed by atoms with E-state index in [4.69, 9.17) is 4.74 Å². The van der Waals surface area contributed by atoms with Crippen molar-refractivity contribution in [1.82, 2.24) is 10.2 Å². The number of amides is 2. The van der Waals surface area contributed by atoms with Gasteiger partial charge in [0.1, 0.15) is 11.8 Å². The summed E-state index contributed by atoms with van der Waals surface area (Å²) in [5, 5.41) is 3.18. The zero-order valence-electron chi connectivity index (χ0n) is 19.8. The number of carbonyl (C=O) groups is 2. The van der Waals surface area contributed by atoms with Crippen LogP contribution in [0.4, 0.5) is 0 Å². The Labute approximate surface area is 192 Å². The lowest BCUT2D eigenvalue weighted by atomic mass is 10.1. The van der Waals surface area contributed by atoms with Crippen LogP contribution in [0.1, 0.15) is 61.3 Å². The van der Waals surface area contributed by atoms with Gasteiger partial charge in [-0.2, -0.15) is 0 Å². The van der Waals surface area contributed by atoms with Gasteiger partial charge in [-0.05, 0) is 57.2 Å². The fraction of sp³-hybridized carbons (Fsp3) is 0.481. The van der Waals surface area contributed by atoms with Crippen molar-refractivity contribution in [3.63, 3.8) is 0 Å². The van der Waals surface area contributed by atoms with Crippen molar-refractivity contribution in [2.75, 3.05) is 6.61 Å². The highest BCUT2D eigenvalue weighted by Crippen LogP contribution is 2.21. The molecule has 1 saturated carbocycles. The minimum absolute atomic E-state index is 0.0635. The average molecular weight is 437 g/mol. The first-order valence-corrected chi connectivity index (χ1v) is 11.7. The molecule has 0 heterocycles. The molecule has 1 atom stereocenters. The highest BCUT2D eigenvalue weighted by Gasteiger charge is 2.30. The Kier molecular flexibility index (Phi) is 8.32. The monoisotopic (exact) mass is 436 g/mol. The summed E-state index contributed by atoms with van der Waals surface area (Å²) in [5.74, 6) is 0.452. The maximum absolute atomic E-state index is 13.3. The van der Waals surface area contributed by atoms with E-state index in [2.05, 4.69) is 5.32 Å². The summed E-state index contributed by atoms with van der Waals surface area (Å²) in [6.45, 7) is 8.28. The Hall–Kier alpha value is -2.82. The van der Waals surface area contributed by atoms with Crippen molar-refractivity contribution in [3.05, 3.63) is 64.7 Å². The van der Waals surface area contributed by atoms with Crippen LogP contribution in [0.2, 0.25) is 0 Å². The van der Waals surface area contributed by atoms with Crippen molar-refractivity contribution >= 4 is 11.8 Å². The summed E-state index contributed by atoms with van der Waals surface area (Å²) in [4.78, 5) is 28.1. The lowest BCUT2D eigenvalue weighted by Crippen LogP contribution is -2.52. The Morgan fingerprint density at radius 1 is 1.03 bits per heavy atom. The molecule has 1 fully saturated rings. The molecule has 1 aliphatic carbocycles. The molecule has 5 nitrogen and oxygen atoms in total. The zero-order chi connectivity index (χ0) is 23.1. The molecule has 2 aromatic carbocycles. The van der Waals surface area contributed by atoms with Gasteiger partial charge in [-0.25, -0.2) is 0 Å². The summed E-state index contributed by atoms with van der Waals surface area (Å²) in [6.07, 6.45) is 4.89. The second-order valence-corrected chi connectivity index (χ2v) is 8.98. The van der Waals surface area contributed by atoms with Crippen molar-refractivity contribution in [2.24, 2.45) is 0 Å². The molecular formula is C27H36N2O3. The maximum atomic E-state index is 13.3. The molecule has 32 heavy (non-hydrogen) atoms. The molecule has 0 unspecified atom stereocenters. The summed E-state index contributed by atoms with van der Waals surface area (Å²) in [7, 11) is 0. The Morgan fingerprint density at radius 2 is 1.69 bits per heavy atom. The van der Waals surface area contributed by atoms with Gasteiger partial charge in [0.15, 0.2) is 6.61 Å². The molecule has 2 aromatic rings. The van der Waals surface area contributed by atoms with E-state index in [1.165, 1.54) is 0 Å². The van der Waals surface area contributed by atoms with Crippen LogP contribution in [-0.4, -0.2) is 35.4 Å². The van der Waals surface area contributed by atoms with E-state index in [0.717, 1.165) is 47.9 Å². The minimum Gasteiger partial charge on any atom is -0.483 e. The molecule has 2 amide bonds. The summed E-state index contributed by atoms with van der Waals surface area (Å²) < 4.78 is 5.88. The van der Waals surface area contributed by atoms with Crippen LogP contribution in [0.5, 0.6) is 5.75 Å². The van der Waals surface area contributed by atoms with Crippen LogP contribution in [0, 0.1) is 20.8 Å². The molecule has 5 heteroatoms. The quantitative estimate of drug-likeness (QED) is 0.611. The van der Waals surface area contributed by atoms with Gasteiger partial charge in [0.25, 0.3) is 5.91 Å². The molecule has 3 rings (SSSR count). The third kappa shape index (κ3) is 6.35. The second kappa shape index (κ2) is 11.2. The fourth-order valence-electron chi connectivity index (χ4n) is 4.36. The molecule has 0 aliphatic heterocycles. The SMILES string of the molecule is CC[C@H](C(=O)NC1CCCC1)N(Cc1ccc(C)cc1)C(=O)COc1ccc(C)cc1C. The van der Waals surface area contributed by atoms with E-state index in [1.54, 1.807) is 4.90 Å². The third-order valence-electron chi connectivity index (χ3n) is 6.24. The fourth-order valence-corrected chi connectivity index (χ4v) is 4.36. The smallest absolute Gasteiger partial charge is 0.261 e. The largest absolute Gasteiger partial charge is 0.483 e. The maximum Gasteiger partial charge on any atom is 0.261 e. The number of nitrogens with zero attached hydrogens (tertiary/aromatic N) is 1. The van der Waals surface area contributed by atoms with Gasteiger partial charge in [0.05, 0.1) is 0 Å². The lowest BCUT2D eigenvalue weighted by Gasteiger charge is -2.31. The zero-order valence-corrected chi connectivity index (χ0v) is 19.8. The average Bonchev–Trinajstić information content (AvgIpc) is 3.27. The lowest BCUT2D eigenvalue weighted by molar-refractivity contribution is -0.143. The van der Waals surface area contributed by atoms with E-state index in [9.17, 15) is 9.59 Å². The topological polar surface area (TPSA) is 58.6 Å². The summed E-state index contributed by atoms with van der Waals surface area (Å²) >= 11 is 0. The number of hydrogen-bond acceptors (Lipinski definition) is 3. The van der Waals surface area contributed by atoms with E-state index in [1.807, 2.05) is 70.2 Å². The first kappa shape index (κ1) is 23.8. The van der Waals surface area contributed by atoms with Crippen LogP contribution < -0.4 is 10.1 Å². The molecule has 0 radical (unpaired) electrons. The van der Waals surface area contributed by atoms with Gasteiger partial charge < -0.3 is 15.0 Å². The highest BCUT2D eigenvalue weighted by atomic mass is 16.5. The van der Waals surface area contributed by atoms with Crippen molar-refractivity contribution in [1.29, 1.82) is 0 Å².